The Morgan fingerprint density at radius 1 is 1.45 bits per heavy atom. The Bertz CT molecular complexity index is 89.6. The molecule has 0 saturated carbocycles. The van der Waals surface area contributed by atoms with Crippen molar-refractivity contribution in [3.05, 3.63) is 0 Å². The van der Waals surface area contributed by atoms with Crippen molar-refractivity contribution < 1.29 is 0 Å². The molecule has 11 heavy (non-hydrogen) atoms. The van der Waals surface area contributed by atoms with E-state index in [0.29, 0.717) is 0 Å². The first kappa shape index (κ1) is 11.2. The Morgan fingerprint density at radius 3 is 2.64 bits per heavy atom. The van der Waals surface area contributed by atoms with Gasteiger partial charge in [-0.15, -0.1) is 12.4 Å². The highest BCUT2D eigenvalue weighted by Crippen LogP contribution is 2.16. The monoisotopic (exact) mass is 177 g/mol. The summed E-state index contributed by atoms with van der Waals surface area (Å²) < 4.78 is 0. The number of hydrogen-bond donors (Lipinski definition) is 1. The van der Waals surface area contributed by atoms with Crippen LogP contribution < -0.4 is 5.32 Å². The summed E-state index contributed by atoms with van der Waals surface area (Å²) in [6, 6.07) is 0.818. The summed E-state index contributed by atoms with van der Waals surface area (Å²) in [5.74, 6) is 0.875. The van der Waals surface area contributed by atoms with Crippen LogP contribution in [-0.2, 0) is 0 Å². The zero-order valence-corrected chi connectivity index (χ0v) is 8.41. The summed E-state index contributed by atoms with van der Waals surface area (Å²) in [6.45, 7) is 5.87. The molecule has 68 valence electrons. The third-order valence-corrected chi connectivity index (χ3v) is 2.68. The van der Waals surface area contributed by atoms with E-state index in [1.54, 1.807) is 0 Å². The van der Waals surface area contributed by atoms with Crippen LogP contribution in [0.4, 0.5) is 0 Å². The molecule has 1 fully saturated rings. The molecule has 2 unspecified atom stereocenters. The fraction of sp³-hybridized carbons (Fsp3) is 1.00. The average molecular weight is 178 g/mol. The standard InChI is InChI=1S/C9H19N.ClH/c1-3-8(2)9-6-4-5-7-10-9;/h8-10H,3-7H2,1-2H3;1H. The molecule has 2 heteroatoms. The fourth-order valence-electron chi connectivity index (χ4n) is 1.65. The minimum Gasteiger partial charge on any atom is -0.314 e. The molecule has 0 radical (unpaired) electrons. The second-order valence-electron chi connectivity index (χ2n) is 3.44. The van der Waals surface area contributed by atoms with Crippen LogP contribution >= 0.6 is 12.4 Å². The molecule has 0 bridgehead atoms. The van der Waals surface area contributed by atoms with Gasteiger partial charge in [-0.2, -0.15) is 0 Å². The van der Waals surface area contributed by atoms with Gasteiger partial charge < -0.3 is 5.32 Å². The maximum absolute atomic E-state index is 3.57. The minimum atomic E-state index is 0. The molecule has 1 nitrogen and oxygen atoms in total. The lowest BCUT2D eigenvalue weighted by Gasteiger charge is -2.28. The Hall–Kier alpha value is 0.250. The highest BCUT2D eigenvalue weighted by Gasteiger charge is 2.16. The molecule has 0 amide bonds. The third kappa shape index (κ3) is 3.44. The molecule has 1 aliphatic rings. The van der Waals surface area contributed by atoms with Gasteiger partial charge in [-0.3, -0.25) is 0 Å². The lowest BCUT2D eigenvalue weighted by atomic mass is 9.92. The van der Waals surface area contributed by atoms with Crippen molar-refractivity contribution in [2.24, 2.45) is 5.92 Å². The predicted molar refractivity (Wildman–Crippen MR) is 52.3 cm³/mol. The highest BCUT2D eigenvalue weighted by molar-refractivity contribution is 5.85. The zero-order chi connectivity index (χ0) is 7.40. The fourth-order valence-corrected chi connectivity index (χ4v) is 1.65. The van der Waals surface area contributed by atoms with Crippen LogP contribution in [0.15, 0.2) is 0 Å². The van der Waals surface area contributed by atoms with E-state index in [9.17, 15) is 0 Å². The SMILES string of the molecule is CCC(C)C1CCCCN1.Cl. The topological polar surface area (TPSA) is 12.0 Å². The molecule has 1 heterocycles. The Kier molecular flexibility index (Phi) is 5.98. The summed E-state index contributed by atoms with van der Waals surface area (Å²) in [7, 11) is 0. The van der Waals surface area contributed by atoms with Gasteiger partial charge in [0.15, 0.2) is 0 Å². The molecule has 1 saturated heterocycles. The third-order valence-electron chi connectivity index (χ3n) is 2.68. The van der Waals surface area contributed by atoms with Gasteiger partial charge in [-0.05, 0) is 25.3 Å². The predicted octanol–water partition coefficient (Wildman–Crippen LogP) is 2.60. The van der Waals surface area contributed by atoms with Gasteiger partial charge in [0.2, 0.25) is 0 Å². The quantitative estimate of drug-likeness (QED) is 0.684. The molecule has 0 aromatic heterocycles. The van der Waals surface area contributed by atoms with Crippen LogP contribution in [0.3, 0.4) is 0 Å². The van der Waals surface area contributed by atoms with E-state index in [1.165, 1.54) is 32.2 Å². The van der Waals surface area contributed by atoms with Crippen molar-refractivity contribution in [1.82, 2.24) is 5.32 Å². The summed E-state index contributed by atoms with van der Waals surface area (Å²) in [5, 5.41) is 3.57. The van der Waals surface area contributed by atoms with Crippen LogP contribution in [0, 0.1) is 5.92 Å². The van der Waals surface area contributed by atoms with E-state index in [4.69, 9.17) is 0 Å². The van der Waals surface area contributed by atoms with Crippen LogP contribution in [0.5, 0.6) is 0 Å². The van der Waals surface area contributed by atoms with Crippen molar-refractivity contribution in [3.8, 4) is 0 Å². The van der Waals surface area contributed by atoms with Crippen molar-refractivity contribution in [1.29, 1.82) is 0 Å². The summed E-state index contributed by atoms with van der Waals surface area (Å²) in [5.41, 5.74) is 0. The first-order valence-electron chi connectivity index (χ1n) is 4.58. The van der Waals surface area contributed by atoms with Gasteiger partial charge >= 0.3 is 0 Å². The van der Waals surface area contributed by atoms with Crippen molar-refractivity contribution in [3.63, 3.8) is 0 Å². The highest BCUT2D eigenvalue weighted by atomic mass is 35.5. The maximum Gasteiger partial charge on any atom is 0.00925 e. The van der Waals surface area contributed by atoms with E-state index < -0.39 is 0 Å². The minimum absolute atomic E-state index is 0. The lowest BCUT2D eigenvalue weighted by molar-refractivity contribution is 0.304. The van der Waals surface area contributed by atoms with Crippen LogP contribution in [0.25, 0.3) is 0 Å². The normalized spacial score (nSPS) is 27.3. The van der Waals surface area contributed by atoms with Gasteiger partial charge in [0, 0.05) is 6.04 Å². The Balaban J connectivity index is 0.000001000. The van der Waals surface area contributed by atoms with Gasteiger partial charge in [-0.25, -0.2) is 0 Å². The molecule has 0 aliphatic carbocycles. The van der Waals surface area contributed by atoms with Crippen LogP contribution in [0.1, 0.15) is 39.5 Å². The zero-order valence-electron chi connectivity index (χ0n) is 7.60. The molecule has 1 aliphatic heterocycles. The molecule has 0 spiro atoms. The molecular formula is C9H20ClN. The first-order valence-corrected chi connectivity index (χ1v) is 4.58. The van der Waals surface area contributed by atoms with Crippen molar-refractivity contribution in [2.45, 2.75) is 45.6 Å². The maximum atomic E-state index is 3.57. The Labute approximate surface area is 76.4 Å². The molecule has 2 atom stereocenters. The second kappa shape index (κ2) is 5.84. The average Bonchev–Trinajstić information content (AvgIpc) is 2.05. The van der Waals surface area contributed by atoms with Crippen molar-refractivity contribution >= 4 is 12.4 Å². The van der Waals surface area contributed by atoms with E-state index in [2.05, 4.69) is 19.2 Å². The van der Waals surface area contributed by atoms with Crippen LogP contribution in [-0.4, -0.2) is 12.6 Å². The smallest absolute Gasteiger partial charge is 0.00925 e. The van der Waals surface area contributed by atoms with Gasteiger partial charge in [0.1, 0.15) is 0 Å². The van der Waals surface area contributed by atoms with Gasteiger partial charge in [0.25, 0.3) is 0 Å². The molecule has 1 rings (SSSR count). The number of hydrogen-bond acceptors (Lipinski definition) is 1. The van der Waals surface area contributed by atoms with Gasteiger partial charge in [-0.1, -0.05) is 26.7 Å². The van der Waals surface area contributed by atoms with E-state index in [1.807, 2.05) is 0 Å². The summed E-state index contributed by atoms with van der Waals surface area (Å²) in [4.78, 5) is 0. The van der Waals surface area contributed by atoms with Crippen LogP contribution in [0.2, 0.25) is 0 Å². The lowest BCUT2D eigenvalue weighted by Crippen LogP contribution is -2.38. The Morgan fingerprint density at radius 2 is 2.18 bits per heavy atom. The van der Waals surface area contributed by atoms with E-state index in [-0.39, 0.29) is 12.4 Å². The summed E-state index contributed by atoms with van der Waals surface area (Å²) >= 11 is 0. The second-order valence-corrected chi connectivity index (χ2v) is 3.44. The molecule has 1 N–H and O–H groups in total. The van der Waals surface area contributed by atoms with Crippen molar-refractivity contribution in [2.75, 3.05) is 6.54 Å². The largest absolute Gasteiger partial charge is 0.314 e. The van der Waals surface area contributed by atoms with Gasteiger partial charge in [0.05, 0.1) is 0 Å². The van der Waals surface area contributed by atoms with E-state index >= 15 is 0 Å². The number of halogens is 1. The summed E-state index contributed by atoms with van der Waals surface area (Å²) in [6.07, 6.45) is 5.53. The van der Waals surface area contributed by atoms with E-state index in [0.717, 1.165) is 12.0 Å². The number of rotatable bonds is 2. The molecule has 0 aromatic carbocycles. The molecule has 0 aromatic rings. The number of piperidine rings is 1. The first-order chi connectivity index (χ1) is 4.84. The number of nitrogens with one attached hydrogen (secondary N) is 1. The molecular weight excluding hydrogens is 158 g/mol.